The molecule has 1 amide bonds. The average molecular weight is 385 g/mol. The molecule has 1 atom stereocenters. The van der Waals surface area contributed by atoms with E-state index in [1.807, 2.05) is 6.92 Å². The molecule has 0 aliphatic carbocycles. The lowest BCUT2D eigenvalue weighted by atomic mass is 10.3. The van der Waals surface area contributed by atoms with Gasteiger partial charge in [-0.1, -0.05) is 0 Å². The van der Waals surface area contributed by atoms with Crippen molar-refractivity contribution in [1.82, 2.24) is 24.9 Å². The van der Waals surface area contributed by atoms with E-state index in [0.717, 1.165) is 10.2 Å². The minimum Gasteiger partial charge on any atom is -0.349 e. The summed E-state index contributed by atoms with van der Waals surface area (Å²) < 4.78 is 3.89. The van der Waals surface area contributed by atoms with Crippen LogP contribution >= 0.6 is 15.9 Å². The number of nitrogens with zero attached hydrogens (tertiary/aromatic N) is 5. The second kappa shape index (κ2) is 6.90. The topological polar surface area (TPSA) is 108 Å². The fraction of sp³-hybridized carbons (Fsp3) is 0.462. The maximum atomic E-state index is 12.3. The molecule has 10 heteroatoms. The Kier molecular flexibility index (Phi) is 5.14. The molecular weight excluding hydrogens is 368 g/mol. The molecule has 0 aliphatic rings. The van der Waals surface area contributed by atoms with Gasteiger partial charge in [0.15, 0.2) is 0 Å². The minimum absolute atomic E-state index is 0.101. The van der Waals surface area contributed by atoms with Crippen molar-refractivity contribution in [2.75, 3.05) is 0 Å². The summed E-state index contributed by atoms with van der Waals surface area (Å²) in [7, 11) is 0. The highest BCUT2D eigenvalue weighted by atomic mass is 79.9. The van der Waals surface area contributed by atoms with Gasteiger partial charge in [-0.15, -0.1) is 0 Å². The highest BCUT2D eigenvalue weighted by molar-refractivity contribution is 9.10. The number of hydrogen-bond acceptors (Lipinski definition) is 5. The third-order valence-corrected chi connectivity index (χ3v) is 4.15. The van der Waals surface area contributed by atoms with Gasteiger partial charge in [0.25, 0.3) is 0 Å². The maximum absolute atomic E-state index is 12.3. The standard InChI is InChI=1S/C13H17BrN6O3/c1-4-18-11(10(14)5-16-18)6-15-13(21)9(3)19-7-12(20(22)23)8(2)17-19/h5,7,9H,4,6H2,1-3H3,(H,15,21). The van der Waals surface area contributed by atoms with E-state index in [1.165, 1.54) is 17.8 Å². The van der Waals surface area contributed by atoms with E-state index in [4.69, 9.17) is 0 Å². The van der Waals surface area contributed by atoms with Crippen molar-refractivity contribution in [3.8, 4) is 0 Å². The van der Waals surface area contributed by atoms with Gasteiger partial charge in [-0.3, -0.25) is 24.3 Å². The van der Waals surface area contributed by atoms with Gasteiger partial charge in [-0.2, -0.15) is 10.2 Å². The Hall–Kier alpha value is -2.23. The Bertz CT molecular complexity index is 738. The van der Waals surface area contributed by atoms with E-state index < -0.39 is 11.0 Å². The van der Waals surface area contributed by atoms with Gasteiger partial charge >= 0.3 is 5.69 Å². The van der Waals surface area contributed by atoms with Crippen molar-refractivity contribution < 1.29 is 9.72 Å². The molecule has 2 aromatic heterocycles. The largest absolute Gasteiger partial charge is 0.349 e. The van der Waals surface area contributed by atoms with Crippen molar-refractivity contribution >= 4 is 27.5 Å². The lowest BCUT2D eigenvalue weighted by Gasteiger charge is -2.13. The van der Waals surface area contributed by atoms with Crippen LogP contribution in [0.3, 0.4) is 0 Å². The fourth-order valence-corrected chi connectivity index (χ4v) is 2.56. The molecule has 0 radical (unpaired) electrons. The Morgan fingerprint density at radius 3 is 2.83 bits per heavy atom. The minimum atomic E-state index is -0.654. The van der Waals surface area contributed by atoms with E-state index in [1.54, 1.807) is 17.8 Å². The van der Waals surface area contributed by atoms with Gasteiger partial charge in [0.05, 0.1) is 27.8 Å². The van der Waals surface area contributed by atoms with Crippen LogP contribution in [0.2, 0.25) is 0 Å². The first kappa shape index (κ1) is 17.1. The summed E-state index contributed by atoms with van der Waals surface area (Å²) in [6.45, 7) is 6.13. The maximum Gasteiger partial charge on any atom is 0.309 e. The van der Waals surface area contributed by atoms with Crippen molar-refractivity contribution in [2.45, 2.75) is 39.9 Å². The first-order valence-corrected chi connectivity index (χ1v) is 7.82. The number of hydrogen-bond donors (Lipinski definition) is 1. The van der Waals surface area contributed by atoms with Gasteiger partial charge in [0.2, 0.25) is 5.91 Å². The molecule has 0 saturated carbocycles. The van der Waals surface area contributed by atoms with E-state index in [0.29, 0.717) is 13.1 Å². The Balaban J connectivity index is 2.07. The molecule has 0 fully saturated rings. The summed E-state index contributed by atoms with van der Waals surface area (Å²) in [6, 6.07) is -0.654. The van der Waals surface area contributed by atoms with Gasteiger partial charge in [-0.05, 0) is 36.7 Å². The molecule has 1 N–H and O–H groups in total. The van der Waals surface area contributed by atoms with E-state index in [-0.39, 0.29) is 17.3 Å². The summed E-state index contributed by atoms with van der Waals surface area (Å²) >= 11 is 3.39. The molecule has 0 aromatic carbocycles. The number of halogens is 1. The monoisotopic (exact) mass is 384 g/mol. The van der Waals surface area contributed by atoms with Crippen LogP contribution < -0.4 is 5.32 Å². The van der Waals surface area contributed by atoms with Crippen LogP contribution in [0, 0.1) is 17.0 Å². The van der Waals surface area contributed by atoms with Gasteiger partial charge < -0.3 is 5.32 Å². The van der Waals surface area contributed by atoms with E-state index in [2.05, 4.69) is 31.4 Å². The molecule has 2 aromatic rings. The van der Waals surface area contributed by atoms with Crippen LogP contribution in [-0.2, 0) is 17.9 Å². The Labute approximate surface area is 140 Å². The highest BCUT2D eigenvalue weighted by Gasteiger charge is 2.22. The molecule has 2 rings (SSSR count). The van der Waals surface area contributed by atoms with Crippen molar-refractivity contribution in [2.24, 2.45) is 0 Å². The van der Waals surface area contributed by atoms with Crippen LogP contribution in [0.4, 0.5) is 5.69 Å². The lowest BCUT2D eigenvalue weighted by molar-refractivity contribution is -0.385. The van der Waals surface area contributed by atoms with Gasteiger partial charge in [0.1, 0.15) is 17.9 Å². The number of carbonyl (C=O) groups is 1. The SMILES string of the molecule is CCn1ncc(Br)c1CNC(=O)C(C)n1cc([N+](=O)[O-])c(C)n1. The lowest BCUT2D eigenvalue weighted by Crippen LogP contribution is -2.31. The summed E-state index contributed by atoms with van der Waals surface area (Å²) in [4.78, 5) is 22.6. The van der Waals surface area contributed by atoms with Crippen molar-refractivity contribution in [1.29, 1.82) is 0 Å². The van der Waals surface area contributed by atoms with Crippen molar-refractivity contribution in [3.63, 3.8) is 0 Å². The molecular formula is C13H17BrN6O3. The van der Waals surface area contributed by atoms with Crippen molar-refractivity contribution in [3.05, 3.63) is 38.4 Å². The molecule has 2 heterocycles. The van der Waals surface area contributed by atoms with Crippen LogP contribution in [-0.4, -0.2) is 30.4 Å². The second-order valence-corrected chi connectivity index (χ2v) is 5.84. The molecule has 23 heavy (non-hydrogen) atoms. The molecule has 124 valence electrons. The first-order valence-electron chi connectivity index (χ1n) is 7.03. The van der Waals surface area contributed by atoms with E-state index in [9.17, 15) is 14.9 Å². The molecule has 0 aliphatic heterocycles. The number of carbonyl (C=O) groups excluding carboxylic acids is 1. The third-order valence-electron chi connectivity index (χ3n) is 3.49. The summed E-state index contributed by atoms with van der Waals surface area (Å²) in [6.07, 6.45) is 2.94. The number of nitro groups is 1. The van der Waals surface area contributed by atoms with Crippen LogP contribution in [0.25, 0.3) is 0 Å². The van der Waals surface area contributed by atoms with Gasteiger partial charge in [0, 0.05) is 6.54 Å². The second-order valence-electron chi connectivity index (χ2n) is 4.99. The van der Waals surface area contributed by atoms with Crippen LogP contribution in [0.5, 0.6) is 0 Å². The Morgan fingerprint density at radius 2 is 2.26 bits per heavy atom. The fourth-order valence-electron chi connectivity index (χ4n) is 2.12. The number of amides is 1. The predicted octanol–water partition coefficient (Wildman–Crippen LogP) is 1.96. The van der Waals surface area contributed by atoms with Crippen LogP contribution in [0.1, 0.15) is 31.3 Å². The molecule has 9 nitrogen and oxygen atoms in total. The van der Waals surface area contributed by atoms with E-state index >= 15 is 0 Å². The van der Waals surface area contributed by atoms with Crippen LogP contribution in [0.15, 0.2) is 16.9 Å². The third kappa shape index (κ3) is 3.58. The Morgan fingerprint density at radius 1 is 1.57 bits per heavy atom. The molecule has 0 bridgehead atoms. The summed E-state index contributed by atoms with van der Waals surface area (Å²) in [5, 5.41) is 21.9. The number of nitrogens with one attached hydrogen (secondary N) is 1. The quantitative estimate of drug-likeness (QED) is 0.604. The number of aromatic nitrogens is 4. The normalized spacial score (nSPS) is 12.2. The smallest absolute Gasteiger partial charge is 0.309 e. The zero-order valence-corrected chi connectivity index (χ0v) is 14.6. The molecule has 0 spiro atoms. The molecule has 0 saturated heterocycles. The predicted molar refractivity (Wildman–Crippen MR) is 85.8 cm³/mol. The molecule has 1 unspecified atom stereocenters. The summed E-state index contributed by atoms with van der Waals surface area (Å²) in [5.74, 6) is -0.279. The van der Waals surface area contributed by atoms with Gasteiger partial charge in [-0.25, -0.2) is 0 Å². The number of rotatable bonds is 6. The first-order chi connectivity index (χ1) is 10.8. The summed E-state index contributed by atoms with van der Waals surface area (Å²) in [5.41, 5.74) is 1.04. The zero-order chi connectivity index (χ0) is 17.1. The average Bonchev–Trinajstić information content (AvgIpc) is 3.07. The number of aryl methyl sites for hydroxylation is 2. The zero-order valence-electron chi connectivity index (χ0n) is 13.0. The highest BCUT2D eigenvalue weighted by Crippen LogP contribution is 2.19.